The van der Waals surface area contributed by atoms with E-state index in [0.29, 0.717) is 0 Å². The first-order valence-corrected chi connectivity index (χ1v) is 6.04. The maximum atomic E-state index is 5.59. The lowest BCUT2D eigenvalue weighted by Crippen LogP contribution is -2.13. The van der Waals surface area contributed by atoms with Crippen LogP contribution in [-0.4, -0.2) is 18.6 Å². The molecule has 1 N–H and O–H groups in total. The highest BCUT2D eigenvalue weighted by molar-refractivity contribution is 5.21. The summed E-state index contributed by atoms with van der Waals surface area (Å²) < 4.78 is 5.59. The number of hydrogen-bond acceptors (Lipinski definition) is 3. The Morgan fingerprint density at radius 2 is 2.19 bits per heavy atom. The van der Waals surface area contributed by atoms with Gasteiger partial charge >= 0.3 is 0 Å². The van der Waals surface area contributed by atoms with E-state index in [1.165, 1.54) is 12.8 Å². The van der Waals surface area contributed by atoms with Crippen LogP contribution in [0.5, 0.6) is 5.75 Å². The molecule has 1 aromatic heterocycles. The Balaban J connectivity index is 2.39. The molecule has 1 aromatic rings. The van der Waals surface area contributed by atoms with Crippen LogP contribution in [-0.2, 0) is 0 Å². The summed E-state index contributed by atoms with van der Waals surface area (Å²) >= 11 is 0. The van der Waals surface area contributed by atoms with Crippen LogP contribution in [0.2, 0.25) is 0 Å². The first kappa shape index (κ1) is 13.0. The minimum atomic E-state index is 0.286. The van der Waals surface area contributed by atoms with Crippen LogP contribution in [0.25, 0.3) is 0 Å². The lowest BCUT2D eigenvalue weighted by atomic mass is 10.2. The molecule has 3 heteroatoms. The molecule has 0 saturated carbocycles. The van der Waals surface area contributed by atoms with Gasteiger partial charge < -0.3 is 10.1 Å². The Labute approximate surface area is 98.2 Å². The monoisotopic (exact) mass is 222 g/mol. The second-order valence-corrected chi connectivity index (χ2v) is 3.98. The van der Waals surface area contributed by atoms with Gasteiger partial charge in [-0.05, 0) is 32.5 Å². The second kappa shape index (κ2) is 7.23. The number of unbranched alkanes of at least 4 members (excludes halogenated alkanes) is 2. The number of nitrogens with zero attached hydrogens (tertiary/aromatic N) is 1. The third-order valence-corrected chi connectivity index (χ3v) is 2.65. The first-order valence-electron chi connectivity index (χ1n) is 6.04. The number of hydrogen-bond donors (Lipinski definition) is 1. The Morgan fingerprint density at radius 3 is 2.75 bits per heavy atom. The predicted octanol–water partition coefficient (Wildman–Crippen LogP) is 2.93. The van der Waals surface area contributed by atoms with Gasteiger partial charge in [0.2, 0.25) is 0 Å². The third kappa shape index (κ3) is 4.19. The van der Waals surface area contributed by atoms with Gasteiger partial charge in [-0.3, -0.25) is 4.98 Å². The van der Waals surface area contributed by atoms with E-state index in [1.54, 1.807) is 6.20 Å². The number of ether oxygens (including phenoxy) is 1. The average molecular weight is 222 g/mol. The van der Waals surface area contributed by atoms with Crippen LogP contribution in [0.1, 0.15) is 44.8 Å². The molecule has 3 nitrogen and oxygen atoms in total. The van der Waals surface area contributed by atoms with Crippen molar-refractivity contribution in [2.45, 2.75) is 39.2 Å². The highest BCUT2D eigenvalue weighted by atomic mass is 16.5. The van der Waals surface area contributed by atoms with Crippen molar-refractivity contribution in [1.29, 1.82) is 0 Å². The van der Waals surface area contributed by atoms with E-state index in [9.17, 15) is 0 Å². The molecule has 0 aliphatic rings. The summed E-state index contributed by atoms with van der Waals surface area (Å²) in [5, 5.41) is 3.16. The Hall–Kier alpha value is -1.09. The Bertz CT molecular complexity index is 284. The fourth-order valence-corrected chi connectivity index (χ4v) is 1.42. The van der Waals surface area contributed by atoms with Crippen molar-refractivity contribution in [3.05, 3.63) is 24.0 Å². The van der Waals surface area contributed by atoms with Gasteiger partial charge in [-0.1, -0.05) is 19.8 Å². The molecular formula is C13H22N2O. The molecule has 1 atom stereocenters. The lowest BCUT2D eigenvalue weighted by molar-refractivity contribution is 0.305. The number of aromatic nitrogens is 1. The molecule has 0 bridgehead atoms. The van der Waals surface area contributed by atoms with Gasteiger partial charge in [-0.15, -0.1) is 0 Å². The number of pyridine rings is 1. The van der Waals surface area contributed by atoms with Gasteiger partial charge in [0, 0.05) is 6.04 Å². The highest BCUT2D eigenvalue weighted by Gasteiger charge is 2.03. The van der Waals surface area contributed by atoms with Gasteiger partial charge in [-0.25, -0.2) is 0 Å². The van der Waals surface area contributed by atoms with Gasteiger partial charge in [-0.2, -0.15) is 0 Å². The van der Waals surface area contributed by atoms with Gasteiger partial charge in [0.15, 0.2) is 0 Å². The zero-order valence-corrected chi connectivity index (χ0v) is 10.5. The summed E-state index contributed by atoms with van der Waals surface area (Å²) in [6.45, 7) is 5.07. The molecule has 0 spiro atoms. The standard InChI is InChI=1S/C13H22N2O/c1-4-5-6-9-16-12-7-8-13(15-10-12)11(2)14-3/h7-8,10-11,14H,4-6,9H2,1-3H3. The van der Waals surface area contributed by atoms with Gasteiger partial charge in [0.25, 0.3) is 0 Å². The van der Waals surface area contributed by atoms with Crippen molar-refractivity contribution in [1.82, 2.24) is 10.3 Å². The molecule has 0 radical (unpaired) electrons. The zero-order valence-electron chi connectivity index (χ0n) is 10.5. The van der Waals surface area contributed by atoms with Crippen LogP contribution in [0.3, 0.4) is 0 Å². The molecule has 0 amide bonds. The van der Waals surface area contributed by atoms with E-state index in [0.717, 1.165) is 24.5 Å². The maximum Gasteiger partial charge on any atom is 0.137 e. The van der Waals surface area contributed by atoms with Crippen molar-refractivity contribution in [2.24, 2.45) is 0 Å². The fourth-order valence-electron chi connectivity index (χ4n) is 1.42. The zero-order chi connectivity index (χ0) is 11.8. The van der Waals surface area contributed by atoms with Crippen LogP contribution in [0.15, 0.2) is 18.3 Å². The van der Waals surface area contributed by atoms with Crippen molar-refractivity contribution >= 4 is 0 Å². The van der Waals surface area contributed by atoms with E-state index >= 15 is 0 Å². The molecule has 0 aliphatic heterocycles. The maximum absolute atomic E-state index is 5.59. The Morgan fingerprint density at radius 1 is 1.38 bits per heavy atom. The SMILES string of the molecule is CCCCCOc1ccc(C(C)NC)nc1. The lowest BCUT2D eigenvalue weighted by Gasteiger charge is -2.10. The predicted molar refractivity (Wildman–Crippen MR) is 66.7 cm³/mol. The van der Waals surface area contributed by atoms with E-state index in [4.69, 9.17) is 4.74 Å². The molecule has 0 aromatic carbocycles. The van der Waals surface area contributed by atoms with Crippen LogP contribution in [0.4, 0.5) is 0 Å². The van der Waals surface area contributed by atoms with Crippen LogP contribution in [0, 0.1) is 0 Å². The minimum absolute atomic E-state index is 0.286. The smallest absolute Gasteiger partial charge is 0.137 e. The fraction of sp³-hybridized carbons (Fsp3) is 0.615. The second-order valence-electron chi connectivity index (χ2n) is 3.98. The topological polar surface area (TPSA) is 34.1 Å². The van der Waals surface area contributed by atoms with Gasteiger partial charge in [0.1, 0.15) is 5.75 Å². The number of nitrogens with one attached hydrogen (secondary N) is 1. The molecule has 0 saturated heterocycles. The van der Waals surface area contributed by atoms with Crippen molar-refractivity contribution in [3.8, 4) is 5.75 Å². The molecular weight excluding hydrogens is 200 g/mol. The van der Waals surface area contributed by atoms with E-state index in [-0.39, 0.29) is 6.04 Å². The third-order valence-electron chi connectivity index (χ3n) is 2.65. The molecule has 16 heavy (non-hydrogen) atoms. The molecule has 1 heterocycles. The molecule has 0 aliphatic carbocycles. The summed E-state index contributed by atoms with van der Waals surface area (Å²) in [7, 11) is 1.93. The Kier molecular flexibility index (Phi) is 5.86. The quantitative estimate of drug-likeness (QED) is 0.720. The van der Waals surface area contributed by atoms with Crippen LogP contribution < -0.4 is 10.1 Å². The summed E-state index contributed by atoms with van der Waals surface area (Å²) in [5.41, 5.74) is 1.04. The summed E-state index contributed by atoms with van der Waals surface area (Å²) in [5.74, 6) is 0.864. The van der Waals surface area contributed by atoms with Crippen molar-refractivity contribution in [2.75, 3.05) is 13.7 Å². The van der Waals surface area contributed by atoms with Crippen molar-refractivity contribution < 1.29 is 4.74 Å². The average Bonchev–Trinajstić information content (AvgIpc) is 2.34. The normalized spacial score (nSPS) is 12.4. The van der Waals surface area contributed by atoms with Crippen molar-refractivity contribution in [3.63, 3.8) is 0 Å². The van der Waals surface area contributed by atoms with Crippen LogP contribution >= 0.6 is 0 Å². The highest BCUT2D eigenvalue weighted by Crippen LogP contribution is 2.14. The largest absolute Gasteiger partial charge is 0.492 e. The van der Waals surface area contributed by atoms with E-state index in [2.05, 4.69) is 24.1 Å². The molecule has 0 fully saturated rings. The minimum Gasteiger partial charge on any atom is -0.492 e. The molecule has 1 rings (SSSR count). The summed E-state index contributed by atoms with van der Waals surface area (Å²) in [6.07, 6.45) is 5.36. The summed E-state index contributed by atoms with van der Waals surface area (Å²) in [4.78, 5) is 4.36. The van der Waals surface area contributed by atoms with E-state index < -0.39 is 0 Å². The van der Waals surface area contributed by atoms with E-state index in [1.807, 2.05) is 19.2 Å². The first-order chi connectivity index (χ1) is 7.77. The summed E-state index contributed by atoms with van der Waals surface area (Å²) in [6, 6.07) is 4.28. The molecule has 1 unspecified atom stereocenters. The van der Waals surface area contributed by atoms with Gasteiger partial charge in [0.05, 0.1) is 18.5 Å². The molecule has 90 valence electrons. The number of rotatable bonds is 7.